The monoisotopic (exact) mass is 456 g/mol. The maximum absolute atomic E-state index is 12.7. The molecule has 3 heterocycles. The summed E-state index contributed by atoms with van der Waals surface area (Å²) in [6.45, 7) is 5.14. The number of carbonyl (C=O) groups is 4. The van der Waals surface area contributed by atoms with Gasteiger partial charge in [-0.1, -0.05) is 24.8 Å². The first kappa shape index (κ1) is 22.5. The summed E-state index contributed by atoms with van der Waals surface area (Å²) in [5, 5.41) is 9.98. The lowest BCUT2D eigenvalue weighted by atomic mass is 9.82. The maximum Gasteiger partial charge on any atom is 0.416 e. The Labute approximate surface area is 190 Å². The van der Waals surface area contributed by atoms with E-state index in [1.54, 1.807) is 31.2 Å². The highest BCUT2D eigenvalue weighted by molar-refractivity contribution is 6.06. The van der Waals surface area contributed by atoms with Crippen molar-refractivity contribution in [3.63, 3.8) is 0 Å². The molecule has 4 rings (SSSR count). The molecule has 0 spiro atoms. The van der Waals surface area contributed by atoms with Crippen LogP contribution in [0.15, 0.2) is 42.6 Å². The fourth-order valence-corrected chi connectivity index (χ4v) is 4.31. The van der Waals surface area contributed by atoms with Gasteiger partial charge in [0.15, 0.2) is 6.61 Å². The van der Waals surface area contributed by atoms with Crippen molar-refractivity contribution >= 4 is 29.5 Å². The number of hydrogen-bond donors (Lipinski definition) is 1. The van der Waals surface area contributed by atoms with E-state index in [1.165, 1.54) is 11.0 Å². The fourth-order valence-electron chi connectivity index (χ4n) is 4.31. The number of esters is 1. The molecule has 2 saturated heterocycles. The van der Waals surface area contributed by atoms with Gasteiger partial charge < -0.3 is 24.2 Å². The highest BCUT2D eigenvalue weighted by atomic mass is 16.6. The number of imide groups is 1. The number of cyclic esters (lactones) is 1. The SMILES string of the molecule is C=CCOC(=O)C1=C(c2ccc(OCC(=O)N3CCOC3=O)cc2)C[C@@H]2[C@@H]([C@@H](C)O)C(=O)N12. The molecule has 0 aromatic heterocycles. The van der Waals surface area contributed by atoms with Crippen molar-refractivity contribution in [1.82, 2.24) is 9.80 Å². The fraction of sp³-hybridized carbons (Fsp3) is 0.391. The topological polar surface area (TPSA) is 123 Å². The second-order valence-corrected chi connectivity index (χ2v) is 7.93. The third-order valence-corrected chi connectivity index (χ3v) is 5.88. The van der Waals surface area contributed by atoms with Crippen LogP contribution in [0.4, 0.5) is 4.79 Å². The number of nitrogens with zero attached hydrogens (tertiary/aromatic N) is 2. The van der Waals surface area contributed by atoms with Crippen LogP contribution in [0.1, 0.15) is 18.9 Å². The van der Waals surface area contributed by atoms with Gasteiger partial charge in [-0.15, -0.1) is 0 Å². The molecule has 0 radical (unpaired) electrons. The van der Waals surface area contributed by atoms with Gasteiger partial charge in [-0.3, -0.25) is 9.59 Å². The Morgan fingerprint density at radius 2 is 2.03 bits per heavy atom. The summed E-state index contributed by atoms with van der Waals surface area (Å²) in [4.78, 5) is 51.2. The number of fused-ring (bicyclic) bond motifs is 1. The predicted octanol–water partition coefficient (Wildman–Crippen LogP) is 1.10. The second kappa shape index (κ2) is 9.07. The lowest BCUT2D eigenvalue weighted by Gasteiger charge is -2.44. The van der Waals surface area contributed by atoms with Crippen LogP contribution in [0.25, 0.3) is 5.57 Å². The van der Waals surface area contributed by atoms with Crippen LogP contribution < -0.4 is 4.74 Å². The molecule has 1 aromatic carbocycles. The van der Waals surface area contributed by atoms with Crippen LogP contribution in [-0.4, -0.2) is 77.3 Å². The van der Waals surface area contributed by atoms with Crippen LogP contribution in [0, 0.1) is 5.92 Å². The lowest BCUT2D eigenvalue weighted by molar-refractivity contribution is -0.162. The first-order valence-electron chi connectivity index (χ1n) is 10.6. The summed E-state index contributed by atoms with van der Waals surface area (Å²) in [6.07, 6.45) is 0.328. The van der Waals surface area contributed by atoms with Crippen LogP contribution in [0.2, 0.25) is 0 Å². The molecule has 33 heavy (non-hydrogen) atoms. The van der Waals surface area contributed by atoms with Gasteiger partial charge in [0.05, 0.1) is 24.6 Å². The van der Waals surface area contributed by atoms with Crippen LogP contribution in [0.3, 0.4) is 0 Å². The number of β-lactam (4-membered cyclic amide) rings is 1. The zero-order chi connectivity index (χ0) is 23.7. The number of carbonyl (C=O) groups excluding carboxylic acids is 4. The van der Waals surface area contributed by atoms with Crippen LogP contribution in [0.5, 0.6) is 5.75 Å². The minimum atomic E-state index is -0.829. The van der Waals surface area contributed by atoms with Crippen molar-refractivity contribution in [1.29, 1.82) is 0 Å². The van der Waals surface area contributed by atoms with Gasteiger partial charge in [0.1, 0.15) is 24.7 Å². The molecule has 10 heteroatoms. The number of amides is 3. The van der Waals surface area contributed by atoms with E-state index < -0.39 is 30.0 Å². The molecule has 174 valence electrons. The minimum Gasteiger partial charge on any atom is -0.484 e. The van der Waals surface area contributed by atoms with E-state index in [1.807, 2.05) is 0 Å². The van der Waals surface area contributed by atoms with Crippen molar-refractivity contribution in [3.05, 3.63) is 48.2 Å². The molecule has 3 aliphatic rings. The average molecular weight is 456 g/mol. The summed E-state index contributed by atoms with van der Waals surface area (Å²) in [6, 6.07) is 6.39. The summed E-state index contributed by atoms with van der Waals surface area (Å²) < 4.78 is 15.4. The van der Waals surface area contributed by atoms with Crippen molar-refractivity contribution in [2.75, 3.05) is 26.4 Å². The Kier molecular flexibility index (Phi) is 6.19. The first-order valence-corrected chi connectivity index (χ1v) is 10.6. The van der Waals surface area contributed by atoms with Gasteiger partial charge in [-0.05, 0) is 36.6 Å². The zero-order valence-corrected chi connectivity index (χ0v) is 18.1. The van der Waals surface area contributed by atoms with E-state index >= 15 is 0 Å². The van der Waals surface area contributed by atoms with Gasteiger partial charge in [0.2, 0.25) is 5.91 Å². The molecule has 3 atom stereocenters. The molecule has 0 aliphatic carbocycles. The van der Waals surface area contributed by atoms with Crippen LogP contribution >= 0.6 is 0 Å². The van der Waals surface area contributed by atoms with Gasteiger partial charge in [0, 0.05) is 0 Å². The summed E-state index contributed by atoms with van der Waals surface area (Å²) in [5.74, 6) is -1.62. The molecule has 1 N–H and O–H groups in total. The summed E-state index contributed by atoms with van der Waals surface area (Å²) in [7, 11) is 0. The third-order valence-electron chi connectivity index (χ3n) is 5.88. The Morgan fingerprint density at radius 1 is 1.30 bits per heavy atom. The molecule has 0 saturated carbocycles. The van der Waals surface area contributed by atoms with Crippen molar-refractivity contribution in [2.24, 2.45) is 5.92 Å². The molecule has 3 amide bonds. The molecule has 10 nitrogen and oxygen atoms in total. The smallest absolute Gasteiger partial charge is 0.416 e. The highest BCUT2D eigenvalue weighted by Gasteiger charge is 2.57. The maximum atomic E-state index is 12.7. The number of aliphatic hydroxyl groups is 1. The molecule has 2 fully saturated rings. The normalized spacial score (nSPS) is 22.5. The van der Waals surface area contributed by atoms with Gasteiger partial charge in [-0.2, -0.15) is 0 Å². The van der Waals surface area contributed by atoms with Gasteiger partial charge in [0.25, 0.3) is 5.91 Å². The summed E-state index contributed by atoms with van der Waals surface area (Å²) in [5.41, 5.74) is 1.49. The van der Waals surface area contributed by atoms with E-state index in [0.29, 0.717) is 23.3 Å². The molecule has 3 aliphatic heterocycles. The van der Waals surface area contributed by atoms with Gasteiger partial charge >= 0.3 is 12.1 Å². The van der Waals surface area contributed by atoms with E-state index in [4.69, 9.17) is 14.2 Å². The van der Waals surface area contributed by atoms with E-state index in [9.17, 15) is 24.3 Å². The Hall–Kier alpha value is -3.66. The van der Waals surface area contributed by atoms with E-state index in [-0.39, 0.29) is 44.0 Å². The van der Waals surface area contributed by atoms with Crippen LogP contribution in [-0.2, 0) is 23.9 Å². The van der Waals surface area contributed by atoms with Crippen molar-refractivity contribution in [3.8, 4) is 5.75 Å². The predicted molar refractivity (Wildman–Crippen MR) is 113 cm³/mol. The van der Waals surface area contributed by atoms with E-state index in [0.717, 1.165) is 4.90 Å². The zero-order valence-electron chi connectivity index (χ0n) is 18.1. The Bertz CT molecular complexity index is 1030. The number of aliphatic hydroxyl groups excluding tert-OH is 1. The standard InChI is InChI=1S/C23H24N2O8/c1-3-9-31-22(29)20-16(11-17-19(13(2)26)21(28)25(17)20)14-4-6-15(7-5-14)33-12-18(27)24-8-10-32-23(24)30/h3-7,13,17,19,26H,1,8-12H2,2H3/t13-,17-,19-/m1/s1. The van der Waals surface area contributed by atoms with Gasteiger partial charge in [-0.25, -0.2) is 14.5 Å². The molecule has 0 unspecified atom stereocenters. The number of hydrogen-bond acceptors (Lipinski definition) is 8. The Morgan fingerprint density at radius 3 is 2.64 bits per heavy atom. The highest BCUT2D eigenvalue weighted by Crippen LogP contribution is 2.47. The third kappa shape index (κ3) is 4.09. The lowest BCUT2D eigenvalue weighted by Crippen LogP contribution is -2.61. The number of ether oxygens (including phenoxy) is 3. The Balaban J connectivity index is 1.51. The summed E-state index contributed by atoms with van der Waals surface area (Å²) >= 11 is 0. The van der Waals surface area contributed by atoms with E-state index in [2.05, 4.69) is 6.58 Å². The first-order chi connectivity index (χ1) is 15.8. The molecule has 1 aromatic rings. The number of benzene rings is 1. The molecular weight excluding hydrogens is 432 g/mol. The quantitative estimate of drug-likeness (QED) is 0.351. The van der Waals surface area contributed by atoms with Crippen molar-refractivity contribution in [2.45, 2.75) is 25.5 Å². The second-order valence-electron chi connectivity index (χ2n) is 7.93. The number of rotatable bonds is 8. The van der Waals surface area contributed by atoms with Crippen molar-refractivity contribution < 1.29 is 38.5 Å². The minimum absolute atomic E-state index is 0.00745. The molecular formula is C23H24N2O8. The largest absolute Gasteiger partial charge is 0.484 e. The average Bonchev–Trinajstić information content (AvgIpc) is 3.37. The molecule has 0 bridgehead atoms.